The number of rotatable bonds is 3. The molecule has 2 heterocycles. The van der Waals surface area contributed by atoms with Crippen LogP contribution in [0.1, 0.15) is 29.9 Å². The molecule has 18 heavy (non-hydrogen) atoms. The van der Waals surface area contributed by atoms with Gasteiger partial charge in [0, 0.05) is 18.0 Å². The van der Waals surface area contributed by atoms with E-state index in [2.05, 4.69) is 20.4 Å². The molecule has 0 radical (unpaired) electrons. The number of carbonyl (C=O) groups excluding carboxylic acids is 1. The number of hydrogen-bond donors (Lipinski definition) is 1. The summed E-state index contributed by atoms with van der Waals surface area (Å²) in [5.74, 6) is 0.582. The average molecular weight is 246 g/mol. The van der Waals surface area contributed by atoms with Gasteiger partial charge in [0.2, 0.25) is 5.91 Å². The highest BCUT2D eigenvalue weighted by Crippen LogP contribution is 2.23. The second-order valence-electron chi connectivity index (χ2n) is 4.04. The molecule has 2 aromatic heterocycles. The van der Waals surface area contributed by atoms with E-state index in [1.165, 1.54) is 12.4 Å². The molecule has 0 saturated carbocycles. The zero-order chi connectivity index (χ0) is 13.1. The predicted octanol–water partition coefficient (Wildman–Crippen LogP) is 1.82. The Hall–Kier alpha value is -2.24. The van der Waals surface area contributed by atoms with Crippen molar-refractivity contribution in [3.05, 3.63) is 35.6 Å². The van der Waals surface area contributed by atoms with Gasteiger partial charge in [0.1, 0.15) is 5.76 Å². The number of nitrogens with one attached hydrogen (secondary N) is 1. The molecule has 0 bridgehead atoms. The minimum absolute atomic E-state index is 0.162. The molecule has 1 atom stereocenters. The van der Waals surface area contributed by atoms with Gasteiger partial charge in [0.25, 0.3) is 0 Å². The van der Waals surface area contributed by atoms with Gasteiger partial charge in [-0.3, -0.25) is 9.78 Å². The van der Waals surface area contributed by atoms with Crippen molar-refractivity contribution in [1.29, 1.82) is 0 Å². The summed E-state index contributed by atoms with van der Waals surface area (Å²) in [5, 5.41) is 6.55. The molecule has 0 aliphatic carbocycles. The van der Waals surface area contributed by atoms with E-state index < -0.39 is 0 Å². The Morgan fingerprint density at radius 2 is 2.17 bits per heavy atom. The van der Waals surface area contributed by atoms with E-state index in [1.807, 2.05) is 6.92 Å². The molecule has 2 rings (SSSR count). The van der Waals surface area contributed by atoms with E-state index in [9.17, 15) is 4.79 Å². The van der Waals surface area contributed by atoms with Gasteiger partial charge in [-0.15, -0.1) is 0 Å². The van der Waals surface area contributed by atoms with E-state index in [0.717, 1.165) is 11.3 Å². The third-order valence-electron chi connectivity index (χ3n) is 2.73. The Labute approximate surface area is 104 Å². The molecule has 0 unspecified atom stereocenters. The molecule has 0 fully saturated rings. The predicted molar refractivity (Wildman–Crippen MR) is 65.1 cm³/mol. The van der Waals surface area contributed by atoms with Crippen LogP contribution in [0.25, 0.3) is 0 Å². The lowest BCUT2D eigenvalue weighted by molar-refractivity contribution is -0.117. The summed E-state index contributed by atoms with van der Waals surface area (Å²) in [4.78, 5) is 19.9. The molecule has 0 saturated heterocycles. The molecular formula is C12H14N4O2. The summed E-state index contributed by atoms with van der Waals surface area (Å²) in [5.41, 5.74) is 1.55. The Morgan fingerprint density at radius 3 is 2.72 bits per heavy atom. The number of aromatic nitrogens is 3. The van der Waals surface area contributed by atoms with Crippen LogP contribution in [0, 0.1) is 13.8 Å². The number of anilines is 1. The fourth-order valence-corrected chi connectivity index (χ4v) is 1.84. The summed E-state index contributed by atoms with van der Waals surface area (Å²) in [7, 11) is 0. The van der Waals surface area contributed by atoms with Crippen LogP contribution >= 0.6 is 0 Å². The van der Waals surface area contributed by atoms with Crippen LogP contribution in [-0.2, 0) is 4.79 Å². The fraction of sp³-hybridized carbons (Fsp3) is 0.333. The van der Waals surface area contributed by atoms with Gasteiger partial charge >= 0.3 is 0 Å². The smallest absolute Gasteiger partial charge is 0.233 e. The summed E-state index contributed by atoms with van der Waals surface area (Å²) in [6.45, 7) is 5.41. The van der Waals surface area contributed by atoms with Crippen LogP contribution in [0.2, 0.25) is 0 Å². The lowest BCUT2D eigenvalue weighted by atomic mass is 9.99. The molecule has 94 valence electrons. The molecule has 2 aromatic rings. The number of aryl methyl sites for hydroxylation is 2. The number of hydrogen-bond acceptors (Lipinski definition) is 5. The van der Waals surface area contributed by atoms with Crippen molar-refractivity contribution < 1.29 is 9.32 Å². The number of nitrogens with zero attached hydrogens (tertiary/aromatic N) is 3. The monoisotopic (exact) mass is 246 g/mol. The first-order chi connectivity index (χ1) is 8.59. The maximum Gasteiger partial charge on any atom is 0.233 e. The molecule has 0 aliphatic rings. The van der Waals surface area contributed by atoms with E-state index in [0.29, 0.717) is 11.6 Å². The number of carbonyl (C=O) groups is 1. The minimum atomic E-state index is -0.349. The molecule has 6 heteroatoms. The first kappa shape index (κ1) is 12.2. The van der Waals surface area contributed by atoms with Crippen molar-refractivity contribution in [2.75, 3.05) is 5.32 Å². The van der Waals surface area contributed by atoms with Gasteiger partial charge in [-0.1, -0.05) is 5.16 Å². The standard InChI is InChI=1S/C12H14N4O2/c1-7(11-8(2)16-18-9(11)3)12(17)15-10-6-13-4-5-14-10/h4-7H,1-3H3,(H,14,15,17)/t7-/m1/s1. The van der Waals surface area contributed by atoms with Crippen LogP contribution in [0.3, 0.4) is 0 Å². The number of amides is 1. The van der Waals surface area contributed by atoms with Crippen molar-refractivity contribution in [2.45, 2.75) is 26.7 Å². The average Bonchev–Trinajstić information content (AvgIpc) is 2.69. The lowest BCUT2D eigenvalue weighted by Gasteiger charge is -2.10. The zero-order valence-electron chi connectivity index (χ0n) is 10.5. The van der Waals surface area contributed by atoms with Crippen LogP contribution in [0.4, 0.5) is 5.82 Å². The lowest BCUT2D eigenvalue weighted by Crippen LogP contribution is -2.20. The Kier molecular flexibility index (Phi) is 3.36. The first-order valence-corrected chi connectivity index (χ1v) is 5.59. The third-order valence-corrected chi connectivity index (χ3v) is 2.73. The highest BCUT2D eigenvalue weighted by Gasteiger charge is 2.23. The largest absolute Gasteiger partial charge is 0.361 e. The maximum atomic E-state index is 12.1. The first-order valence-electron chi connectivity index (χ1n) is 5.59. The van der Waals surface area contributed by atoms with E-state index in [1.54, 1.807) is 20.0 Å². The SMILES string of the molecule is Cc1noc(C)c1[C@@H](C)C(=O)Nc1cnccn1. The summed E-state index contributed by atoms with van der Waals surface area (Å²) in [6.07, 6.45) is 4.57. The van der Waals surface area contributed by atoms with E-state index in [-0.39, 0.29) is 11.8 Å². The topological polar surface area (TPSA) is 80.9 Å². The molecule has 6 nitrogen and oxygen atoms in total. The van der Waals surface area contributed by atoms with Crippen molar-refractivity contribution in [2.24, 2.45) is 0 Å². The molecule has 0 aromatic carbocycles. The summed E-state index contributed by atoms with van der Waals surface area (Å²) >= 11 is 0. The minimum Gasteiger partial charge on any atom is -0.361 e. The van der Waals surface area contributed by atoms with Gasteiger partial charge in [-0.25, -0.2) is 4.98 Å². The van der Waals surface area contributed by atoms with Crippen LogP contribution in [0.5, 0.6) is 0 Å². The fourth-order valence-electron chi connectivity index (χ4n) is 1.84. The molecule has 1 N–H and O–H groups in total. The van der Waals surface area contributed by atoms with Gasteiger partial charge in [-0.05, 0) is 20.8 Å². The van der Waals surface area contributed by atoms with Crippen LogP contribution < -0.4 is 5.32 Å². The van der Waals surface area contributed by atoms with Crippen molar-refractivity contribution in [3.63, 3.8) is 0 Å². The summed E-state index contributed by atoms with van der Waals surface area (Å²) in [6, 6.07) is 0. The van der Waals surface area contributed by atoms with Crippen LogP contribution in [0.15, 0.2) is 23.1 Å². The van der Waals surface area contributed by atoms with Crippen molar-refractivity contribution >= 4 is 11.7 Å². The van der Waals surface area contributed by atoms with E-state index >= 15 is 0 Å². The quantitative estimate of drug-likeness (QED) is 0.893. The van der Waals surface area contributed by atoms with Gasteiger partial charge in [0.05, 0.1) is 17.8 Å². The van der Waals surface area contributed by atoms with Crippen LogP contribution in [-0.4, -0.2) is 21.0 Å². The summed E-state index contributed by atoms with van der Waals surface area (Å²) < 4.78 is 5.06. The van der Waals surface area contributed by atoms with E-state index in [4.69, 9.17) is 4.52 Å². The van der Waals surface area contributed by atoms with Crippen molar-refractivity contribution in [1.82, 2.24) is 15.1 Å². The Morgan fingerprint density at radius 1 is 1.39 bits per heavy atom. The molecule has 0 aliphatic heterocycles. The Balaban J connectivity index is 2.15. The molecule has 1 amide bonds. The molecular weight excluding hydrogens is 232 g/mol. The Bertz CT molecular complexity index is 531. The van der Waals surface area contributed by atoms with Gasteiger partial charge in [-0.2, -0.15) is 0 Å². The van der Waals surface area contributed by atoms with Gasteiger partial charge < -0.3 is 9.84 Å². The molecule has 0 spiro atoms. The highest BCUT2D eigenvalue weighted by atomic mass is 16.5. The second-order valence-corrected chi connectivity index (χ2v) is 4.04. The maximum absolute atomic E-state index is 12.1. The normalized spacial score (nSPS) is 12.2. The zero-order valence-corrected chi connectivity index (χ0v) is 10.5. The van der Waals surface area contributed by atoms with Crippen molar-refractivity contribution in [3.8, 4) is 0 Å². The second kappa shape index (κ2) is 4.95. The van der Waals surface area contributed by atoms with Gasteiger partial charge in [0.15, 0.2) is 5.82 Å². The highest BCUT2D eigenvalue weighted by molar-refractivity contribution is 5.94. The third kappa shape index (κ3) is 2.37.